The number of thioether (sulfide) groups is 1. The van der Waals surface area contributed by atoms with Crippen LogP contribution in [0.1, 0.15) is 29.9 Å². The fourth-order valence-electron chi connectivity index (χ4n) is 5.22. The molecular formula is C29H31ClN10O13S2. The number of fused-ring (bicyclic) bond motifs is 1. The lowest BCUT2D eigenvalue weighted by Gasteiger charge is -2.41. The molecule has 0 aliphatic carbocycles. The Kier molecular flexibility index (Phi) is 11.2. The highest BCUT2D eigenvalue weighted by atomic mass is 35.5. The minimum Gasteiger partial charge on any atom is -0.504 e. The Morgan fingerprint density at radius 3 is 2.40 bits per heavy atom. The van der Waals surface area contributed by atoms with Crippen LogP contribution < -0.4 is 27.1 Å². The number of β-lactam (4-membered cyclic amide) rings is 1. The van der Waals surface area contributed by atoms with E-state index in [1.165, 1.54) is 19.2 Å². The number of benzene rings is 1. The first kappa shape index (κ1) is 40.1. The van der Waals surface area contributed by atoms with E-state index in [9.17, 15) is 58.8 Å². The molecule has 0 bridgehead atoms. The molecule has 3 aliphatic rings. The average molecular weight is 827 g/mol. The number of aromatic hydroxyl groups is 2. The number of hydrogen-bond acceptors (Lipinski definition) is 16. The lowest BCUT2D eigenvalue weighted by molar-refractivity contribution is -0.161. The van der Waals surface area contributed by atoms with Crippen LogP contribution in [0.15, 0.2) is 22.7 Å². The number of nitrogens with one attached hydrogen (secondary N) is 4. The van der Waals surface area contributed by atoms with Crippen molar-refractivity contribution in [3.8, 4) is 11.5 Å². The lowest BCUT2D eigenvalue weighted by atomic mass is 10.1. The summed E-state index contributed by atoms with van der Waals surface area (Å²) in [5.41, 5.74) is 5.13. The summed E-state index contributed by atoms with van der Waals surface area (Å²) in [6.45, 7) is 0.870. The monoisotopic (exact) mass is 826 g/mol. The van der Waals surface area contributed by atoms with Crippen molar-refractivity contribution in [3.05, 3.63) is 33.8 Å². The SMILES string of the molecule is CC(C)(O/N=C(\C(=O)N[C@@H]1C(=O)N2C[C@@](C(=O)O)(N3CCN(NC(=O)C(=O)NCCNC(=O)c4ccc(O)c(O)c4Cl)C3=O)S[C@H]12)c1csc(N)n1)C(=O)O. The summed E-state index contributed by atoms with van der Waals surface area (Å²) in [5, 5.41) is 50.3. The number of carboxylic acid groups (broad SMARTS) is 2. The molecule has 7 amide bonds. The summed E-state index contributed by atoms with van der Waals surface area (Å²) in [5.74, 6) is -9.14. The predicted molar refractivity (Wildman–Crippen MR) is 188 cm³/mol. The quantitative estimate of drug-likeness (QED) is 0.0260. The van der Waals surface area contributed by atoms with Crippen LogP contribution in [-0.2, 0) is 33.6 Å². The number of thiazole rings is 1. The van der Waals surface area contributed by atoms with E-state index in [0.717, 1.165) is 33.3 Å². The summed E-state index contributed by atoms with van der Waals surface area (Å²) in [6.07, 6.45) is 0. The molecule has 0 spiro atoms. The second-order valence-electron chi connectivity index (χ2n) is 12.3. The van der Waals surface area contributed by atoms with Crippen LogP contribution in [0.2, 0.25) is 5.02 Å². The molecule has 23 nitrogen and oxygen atoms in total. The van der Waals surface area contributed by atoms with Crippen LogP contribution in [0.25, 0.3) is 0 Å². The van der Waals surface area contributed by atoms with Gasteiger partial charge in [0.25, 0.3) is 11.8 Å². The van der Waals surface area contributed by atoms with Gasteiger partial charge in [-0.2, -0.15) is 0 Å². The lowest BCUT2D eigenvalue weighted by Crippen LogP contribution is -2.68. The third kappa shape index (κ3) is 7.79. The molecule has 3 saturated heterocycles. The zero-order valence-electron chi connectivity index (χ0n) is 28.4. The highest BCUT2D eigenvalue weighted by Gasteiger charge is 2.66. The average Bonchev–Trinajstić information content (AvgIpc) is 3.83. The van der Waals surface area contributed by atoms with Crippen LogP contribution in [0, 0.1) is 0 Å². The van der Waals surface area contributed by atoms with Crippen molar-refractivity contribution in [1.82, 2.24) is 41.2 Å². The second-order valence-corrected chi connectivity index (χ2v) is 14.9. The Morgan fingerprint density at radius 1 is 1.07 bits per heavy atom. The number of carboxylic acids is 2. The number of amides is 7. The fourth-order valence-corrected chi connectivity index (χ4v) is 7.65. The maximum absolute atomic E-state index is 13.4. The third-order valence-electron chi connectivity index (χ3n) is 8.25. The molecule has 0 unspecified atom stereocenters. The number of hydrazine groups is 1. The summed E-state index contributed by atoms with van der Waals surface area (Å²) >= 11 is 7.47. The first-order valence-electron chi connectivity index (χ1n) is 15.7. The number of carbonyl (C=O) groups excluding carboxylic acids is 6. The van der Waals surface area contributed by atoms with Crippen LogP contribution in [0.5, 0.6) is 11.5 Å². The van der Waals surface area contributed by atoms with Crippen LogP contribution in [0.4, 0.5) is 9.93 Å². The van der Waals surface area contributed by atoms with Gasteiger partial charge in [0.1, 0.15) is 17.1 Å². The van der Waals surface area contributed by atoms with Gasteiger partial charge in [-0.3, -0.25) is 34.3 Å². The molecule has 3 fully saturated rings. The summed E-state index contributed by atoms with van der Waals surface area (Å²) in [4.78, 5) is 110. The Morgan fingerprint density at radius 2 is 1.76 bits per heavy atom. The van der Waals surface area contributed by atoms with E-state index >= 15 is 0 Å². The highest BCUT2D eigenvalue weighted by Crippen LogP contribution is 2.49. The van der Waals surface area contributed by atoms with Gasteiger partial charge in [0.15, 0.2) is 22.3 Å². The van der Waals surface area contributed by atoms with Crippen molar-refractivity contribution >= 4 is 93.0 Å². The Labute approximate surface area is 321 Å². The number of nitrogens with zero attached hydrogens (tertiary/aromatic N) is 5. The molecule has 3 atom stereocenters. The largest absolute Gasteiger partial charge is 0.504 e. The molecule has 1 aromatic carbocycles. The Bertz CT molecular complexity index is 2030. The first-order chi connectivity index (χ1) is 25.8. The van der Waals surface area contributed by atoms with Gasteiger partial charge in [-0.05, 0) is 26.0 Å². The van der Waals surface area contributed by atoms with E-state index in [2.05, 4.69) is 31.5 Å². The number of phenols is 2. The van der Waals surface area contributed by atoms with Crippen molar-refractivity contribution in [2.24, 2.45) is 5.16 Å². The van der Waals surface area contributed by atoms with Gasteiger partial charge in [0.05, 0.1) is 23.7 Å². The van der Waals surface area contributed by atoms with E-state index < -0.39 is 98.2 Å². The highest BCUT2D eigenvalue weighted by molar-refractivity contribution is 8.02. The number of oxime groups is 1. The molecular weight excluding hydrogens is 796 g/mol. The standard InChI is InChI=1S/C29H31ClN10O13S2/c1-28(2,24(48)49)53-37-15(12-9-54-26(31)34-12)19(44)35-16-22(47)38-10-29(25(50)51,55-23(16)38)39-7-8-40(27(39)52)36-21(46)20(45)33-6-5-32-18(43)11-3-4-13(41)17(42)14(11)30/h3-4,9,16,23,41-42H,5-8,10H2,1-2H3,(H2,31,34)(H,32,43)(H,33,45)(H,35,44)(H,36,46)(H,48,49)(H,50,51)/b37-15-/t16-,23-,29-/m1/s1. The molecule has 26 heteroatoms. The van der Waals surface area contributed by atoms with Gasteiger partial charge >= 0.3 is 29.8 Å². The molecule has 294 valence electrons. The maximum atomic E-state index is 13.4. The number of urea groups is 1. The number of anilines is 1. The Hall–Kier alpha value is -6.08. The van der Waals surface area contributed by atoms with Crippen LogP contribution >= 0.6 is 34.7 Å². The van der Waals surface area contributed by atoms with E-state index in [0.29, 0.717) is 16.8 Å². The van der Waals surface area contributed by atoms with Gasteiger partial charge in [0.2, 0.25) is 16.4 Å². The van der Waals surface area contributed by atoms with E-state index in [1.54, 1.807) is 0 Å². The third-order valence-corrected chi connectivity index (χ3v) is 11.0. The number of nitrogens with two attached hydrogens (primary N) is 1. The molecule has 55 heavy (non-hydrogen) atoms. The van der Waals surface area contributed by atoms with Gasteiger partial charge in [-0.1, -0.05) is 28.5 Å². The number of aliphatic carboxylic acids is 2. The van der Waals surface area contributed by atoms with Crippen LogP contribution in [0.3, 0.4) is 0 Å². The molecule has 0 saturated carbocycles. The van der Waals surface area contributed by atoms with E-state index in [1.807, 2.05) is 0 Å². The molecule has 2 aromatic rings. The molecule has 10 N–H and O–H groups in total. The Balaban J connectivity index is 1.18. The second kappa shape index (κ2) is 15.3. The number of aromatic nitrogens is 1. The van der Waals surface area contributed by atoms with Gasteiger partial charge in [-0.25, -0.2) is 24.4 Å². The summed E-state index contributed by atoms with van der Waals surface area (Å²) in [7, 11) is 0. The minimum atomic E-state index is -2.08. The first-order valence-corrected chi connectivity index (χ1v) is 17.8. The molecule has 5 rings (SSSR count). The van der Waals surface area contributed by atoms with E-state index in [-0.39, 0.29) is 42.6 Å². The molecule has 4 heterocycles. The number of halogens is 1. The number of carbonyl (C=O) groups is 8. The van der Waals surface area contributed by atoms with Gasteiger partial charge in [-0.15, -0.1) is 11.3 Å². The number of nitrogen functional groups attached to an aromatic ring is 1. The molecule has 3 aliphatic heterocycles. The smallest absolute Gasteiger partial charge is 0.350 e. The zero-order valence-corrected chi connectivity index (χ0v) is 30.8. The topological polar surface area (TPSA) is 336 Å². The van der Waals surface area contributed by atoms with E-state index in [4.69, 9.17) is 22.2 Å². The normalized spacial score (nSPS) is 20.7. The summed E-state index contributed by atoms with van der Waals surface area (Å²) in [6, 6.07) is -0.130. The van der Waals surface area contributed by atoms with Crippen molar-refractivity contribution in [1.29, 1.82) is 0 Å². The summed E-state index contributed by atoms with van der Waals surface area (Å²) < 4.78 is 0. The van der Waals surface area contributed by atoms with Crippen molar-refractivity contribution < 1.29 is 63.6 Å². The minimum absolute atomic E-state index is 0.0417. The van der Waals surface area contributed by atoms with Crippen molar-refractivity contribution in [2.75, 3.05) is 38.5 Å². The van der Waals surface area contributed by atoms with Gasteiger partial charge < -0.3 is 51.8 Å². The molecule has 0 radical (unpaired) electrons. The number of phenolic OH excluding ortho intramolecular Hbond substituents is 2. The van der Waals surface area contributed by atoms with Crippen molar-refractivity contribution in [3.63, 3.8) is 0 Å². The number of rotatable bonds is 13. The maximum Gasteiger partial charge on any atom is 0.350 e. The van der Waals surface area contributed by atoms with Gasteiger partial charge in [0, 0.05) is 25.0 Å². The fraction of sp³-hybridized carbons (Fsp3) is 0.379. The van der Waals surface area contributed by atoms with Crippen molar-refractivity contribution in [2.45, 2.75) is 35.7 Å². The predicted octanol–water partition coefficient (Wildman–Crippen LogP) is -2.13. The van der Waals surface area contributed by atoms with Crippen LogP contribution in [-0.4, -0.2) is 148 Å². The number of hydrogen-bond donors (Lipinski definition) is 9. The molecule has 1 aromatic heterocycles. The zero-order chi connectivity index (χ0) is 40.6.